The molecule has 4 rings (SSSR count). The zero-order valence-electron chi connectivity index (χ0n) is 12.7. The number of fused-ring (bicyclic) bond motifs is 1. The van der Waals surface area contributed by atoms with Gasteiger partial charge in [-0.1, -0.05) is 54.6 Å². The molecule has 0 fully saturated rings. The molecule has 0 amide bonds. The molecule has 3 aromatic rings. The van der Waals surface area contributed by atoms with Crippen molar-refractivity contribution in [1.29, 1.82) is 0 Å². The highest BCUT2D eigenvalue weighted by Crippen LogP contribution is 2.44. The standard InChI is InChI=1S/C20H14O3S/c21-19(13-7-2-1-3-8-13)18-17(16-11-6-12-24-16)14-9-4-5-10-15(14)23-20(18)22/h1-12,17-18H/t17-,18+/m0/s1. The molecular formula is C20H14O3S. The summed E-state index contributed by atoms with van der Waals surface area (Å²) >= 11 is 1.55. The highest BCUT2D eigenvalue weighted by molar-refractivity contribution is 7.10. The average molecular weight is 334 g/mol. The molecule has 0 radical (unpaired) electrons. The number of ketones is 1. The SMILES string of the molecule is O=C1Oc2ccccc2[C@@H](c2cccs2)[C@@H]1C(=O)c1ccccc1. The highest BCUT2D eigenvalue weighted by atomic mass is 32.1. The topological polar surface area (TPSA) is 43.4 Å². The summed E-state index contributed by atoms with van der Waals surface area (Å²) < 4.78 is 5.46. The Morgan fingerprint density at radius 1 is 0.917 bits per heavy atom. The molecule has 0 bridgehead atoms. The van der Waals surface area contributed by atoms with Crippen molar-refractivity contribution in [2.45, 2.75) is 5.92 Å². The minimum atomic E-state index is -0.860. The number of ether oxygens (including phenoxy) is 1. The molecule has 0 saturated heterocycles. The molecule has 2 atom stereocenters. The van der Waals surface area contributed by atoms with Gasteiger partial charge < -0.3 is 4.74 Å². The Labute approximate surface area is 143 Å². The predicted octanol–water partition coefficient (Wildman–Crippen LogP) is 4.30. The van der Waals surface area contributed by atoms with E-state index in [1.54, 1.807) is 41.7 Å². The monoisotopic (exact) mass is 334 g/mol. The summed E-state index contributed by atoms with van der Waals surface area (Å²) in [6.07, 6.45) is 0. The fourth-order valence-corrected chi connectivity index (χ4v) is 4.03. The van der Waals surface area contributed by atoms with Gasteiger partial charge in [0.05, 0.1) is 0 Å². The van der Waals surface area contributed by atoms with Gasteiger partial charge in [-0.2, -0.15) is 0 Å². The molecule has 1 aliphatic rings. The molecule has 0 spiro atoms. The van der Waals surface area contributed by atoms with Crippen LogP contribution in [0.5, 0.6) is 5.75 Å². The van der Waals surface area contributed by atoms with Crippen LogP contribution in [-0.2, 0) is 4.79 Å². The fraction of sp³-hybridized carbons (Fsp3) is 0.100. The van der Waals surface area contributed by atoms with E-state index >= 15 is 0 Å². The molecule has 0 saturated carbocycles. The van der Waals surface area contributed by atoms with Gasteiger partial charge in [0, 0.05) is 21.9 Å². The van der Waals surface area contributed by atoms with E-state index in [9.17, 15) is 9.59 Å². The molecule has 0 unspecified atom stereocenters. The van der Waals surface area contributed by atoms with E-state index in [1.165, 1.54) is 0 Å². The summed E-state index contributed by atoms with van der Waals surface area (Å²) in [5.74, 6) is -1.32. The number of carbonyl (C=O) groups is 2. The van der Waals surface area contributed by atoms with Crippen LogP contribution in [0.3, 0.4) is 0 Å². The highest BCUT2D eigenvalue weighted by Gasteiger charge is 2.43. The average Bonchev–Trinajstić information content (AvgIpc) is 3.15. The molecule has 3 nitrogen and oxygen atoms in total. The zero-order chi connectivity index (χ0) is 16.5. The third-order valence-corrected chi connectivity index (χ3v) is 5.20. The van der Waals surface area contributed by atoms with Crippen molar-refractivity contribution in [2.75, 3.05) is 0 Å². The number of Topliss-reactive ketones (excluding diaryl/α,β-unsaturated/α-hetero) is 1. The van der Waals surface area contributed by atoms with E-state index in [0.29, 0.717) is 11.3 Å². The summed E-state index contributed by atoms with van der Waals surface area (Å²) in [4.78, 5) is 26.7. The van der Waals surface area contributed by atoms with Gasteiger partial charge in [0.2, 0.25) is 0 Å². The first-order valence-electron chi connectivity index (χ1n) is 7.69. The van der Waals surface area contributed by atoms with Crippen molar-refractivity contribution in [3.8, 4) is 5.75 Å². The number of rotatable bonds is 3. The Morgan fingerprint density at radius 2 is 1.67 bits per heavy atom. The predicted molar refractivity (Wildman–Crippen MR) is 92.5 cm³/mol. The van der Waals surface area contributed by atoms with Crippen molar-refractivity contribution < 1.29 is 14.3 Å². The van der Waals surface area contributed by atoms with Crippen LogP contribution < -0.4 is 4.74 Å². The first-order valence-corrected chi connectivity index (χ1v) is 8.57. The van der Waals surface area contributed by atoms with E-state index in [-0.39, 0.29) is 11.7 Å². The second-order valence-corrected chi connectivity index (χ2v) is 6.64. The van der Waals surface area contributed by atoms with Crippen molar-refractivity contribution in [1.82, 2.24) is 0 Å². The fourth-order valence-electron chi connectivity index (χ4n) is 3.14. The van der Waals surface area contributed by atoms with Crippen LogP contribution in [0.15, 0.2) is 72.1 Å². The van der Waals surface area contributed by atoms with Crippen LogP contribution in [0.2, 0.25) is 0 Å². The largest absolute Gasteiger partial charge is 0.426 e. The Morgan fingerprint density at radius 3 is 2.42 bits per heavy atom. The molecule has 0 N–H and O–H groups in total. The molecule has 0 aliphatic carbocycles. The van der Waals surface area contributed by atoms with Crippen LogP contribution in [0.1, 0.15) is 26.7 Å². The van der Waals surface area contributed by atoms with E-state index in [0.717, 1.165) is 10.4 Å². The van der Waals surface area contributed by atoms with E-state index < -0.39 is 11.9 Å². The zero-order valence-corrected chi connectivity index (χ0v) is 13.5. The second kappa shape index (κ2) is 6.06. The molecule has 1 aliphatic heterocycles. The van der Waals surface area contributed by atoms with Crippen molar-refractivity contribution in [3.63, 3.8) is 0 Å². The maximum Gasteiger partial charge on any atom is 0.323 e. The number of esters is 1. The minimum Gasteiger partial charge on any atom is -0.426 e. The lowest BCUT2D eigenvalue weighted by molar-refractivity contribution is -0.138. The number of thiophene rings is 1. The third kappa shape index (κ3) is 2.45. The van der Waals surface area contributed by atoms with Crippen molar-refractivity contribution >= 4 is 23.1 Å². The van der Waals surface area contributed by atoms with Crippen molar-refractivity contribution in [2.24, 2.45) is 5.92 Å². The number of carbonyl (C=O) groups excluding carboxylic acids is 2. The number of para-hydroxylation sites is 1. The van der Waals surface area contributed by atoms with Crippen molar-refractivity contribution in [3.05, 3.63) is 88.1 Å². The van der Waals surface area contributed by atoms with E-state index in [2.05, 4.69) is 0 Å². The van der Waals surface area contributed by atoms with Gasteiger partial charge in [-0.05, 0) is 17.5 Å². The van der Waals surface area contributed by atoms with E-state index in [1.807, 2.05) is 41.8 Å². The van der Waals surface area contributed by atoms with Crippen LogP contribution >= 0.6 is 11.3 Å². The summed E-state index contributed by atoms with van der Waals surface area (Å²) in [5.41, 5.74) is 1.41. The van der Waals surface area contributed by atoms with E-state index in [4.69, 9.17) is 4.74 Å². The molecule has 2 aromatic carbocycles. The normalized spacial score (nSPS) is 19.4. The first kappa shape index (κ1) is 14.8. The van der Waals surface area contributed by atoms with Gasteiger partial charge in [0.1, 0.15) is 11.7 Å². The van der Waals surface area contributed by atoms with Crippen LogP contribution in [0.25, 0.3) is 0 Å². The molecular weight excluding hydrogens is 320 g/mol. The molecule has 4 heteroatoms. The lowest BCUT2D eigenvalue weighted by atomic mass is 9.78. The number of hydrogen-bond donors (Lipinski definition) is 0. The van der Waals surface area contributed by atoms with Crippen LogP contribution in [-0.4, -0.2) is 11.8 Å². The van der Waals surface area contributed by atoms with Gasteiger partial charge in [0.25, 0.3) is 0 Å². The van der Waals surface area contributed by atoms with Gasteiger partial charge in [-0.15, -0.1) is 11.3 Å². The maximum atomic E-state index is 13.0. The lowest BCUT2D eigenvalue weighted by Gasteiger charge is -2.30. The first-order chi connectivity index (χ1) is 11.8. The third-order valence-electron chi connectivity index (χ3n) is 4.24. The van der Waals surface area contributed by atoms with Gasteiger partial charge >= 0.3 is 5.97 Å². The summed E-state index contributed by atoms with van der Waals surface area (Å²) in [6, 6.07) is 20.3. The molecule has 1 aromatic heterocycles. The Hall–Kier alpha value is -2.72. The molecule has 2 heterocycles. The number of hydrogen-bond acceptors (Lipinski definition) is 4. The summed E-state index contributed by atoms with van der Waals surface area (Å²) in [6.45, 7) is 0. The minimum absolute atomic E-state index is 0.200. The Bertz CT molecular complexity index is 884. The van der Waals surface area contributed by atoms with Gasteiger partial charge in [0.15, 0.2) is 5.78 Å². The second-order valence-electron chi connectivity index (χ2n) is 5.66. The summed E-state index contributed by atoms with van der Waals surface area (Å²) in [5, 5.41) is 1.96. The lowest BCUT2D eigenvalue weighted by Crippen LogP contribution is -2.37. The van der Waals surface area contributed by atoms with Crippen LogP contribution in [0.4, 0.5) is 0 Å². The number of benzene rings is 2. The Balaban J connectivity index is 1.85. The Kier molecular flexibility index (Phi) is 3.75. The maximum absolute atomic E-state index is 13.0. The molecule has 118 valence electrons. The molecule has 24 heavy (non-hydrogen) atoms. The van der Waals surface area contributed by atoms with Gasteiger partial charge in [-0.3, -0.25) is 9.59 Å². The van der Waals surface area contributed by atoms with Gasteiger partial charge in [-0.25, -0.2) is 0 Å². The smallest absolute Gasteiger partial charge is 0.323 e. The van der Waals surface area contributed by atoms with Crippen LogP contribution in [0, 0.1) is 5.92 Å². The quantitative estimate of drug-likeness (QED) is 0.310. The summed E-state index contributed by atoms with van der Waals surface area (Å²) in [7, 11) is 0.